The van der Waals surface area contributed by atoms with E-state index < -0.39 is 5.91 Å². The highest BCUT2D eigenvalue weighted by atomic mass is 16.1. The second kappa shape index (κ2) is 5.38. The number of nitrogens with one attached hydrogen (secondary N) is 1. The van der Waals surface area contributed by atoms with Crippen molar-refractivity contribution in [3.05, 3.63) is 35.8 Å². The Kier molecular flexibility index (Phi) is 3.65. The summed E-state index contributed by atoms with van der Waals surface area (Å²) in [5, 5.41) is 7.32. The molecule has 0 aliphatic rings. The van der Waals surface area contributed by atoms with Crippen molar-refractivity contribution < 1.29 is 4.79 Å². The first-order valence-electron chi connectivity index (χ1n) is 5.84. The zero-order valence-corrected chi connectivity index (χ0v) is 10.6. The smallest absolute Gasteiger partial charge is 0.252 e. The highest BCUT2D eigenvalue weighted by Crippen LogP contribution is 2.14. The minimum absolute atomic E-state index is 0.293. The average Bonchev–Trinajstić information content (AvgIpc) is 2.77. The number of anilines is 2. The predicted octanol–water partition coefficient (Wildman–Crippen LogP) is 0.151. The van der Waals surface area contributed by atoms with Crippen LogP contribution in [-0.2, 0) is 13.5 Å². The summed E-state index contributed by atoms with van der Waals surface area (Å²) in [5.41, 5.74) is 12.5. The third kappa shape index (κ3) is 3.21. The van der Waals surface area contributed by atoms with Gasteiger partial charge in [0.15, 0.2) is 0 Å². The van der Waals surface area contributed by atoms with E-state index in [2.05, 4.69) is 15.4 Å². The quantitative estimate of drug-likeness (QED) is 0.708. The summed E-state index contributed by atoms with van der Waals surface area (Å²) in [7, 11) is 1.86. The number of aryl methyl sites for hydroxylation is 1. The molecular formula is C12H16N6O. The van der Waals surface area contributed by atoms with Crippen molar-refractivity contribution in [2.75, 3.05) is 17.6 Å². The number of pyridine rings is 1. The maximum absolute atomic E-state index is 11.3. The molecule has 0 saturated carbocycles. The van der Waals surface area contributed by atoms with Gasteiger partial charge in [0.2, 0.25) is 0 Å². The van der Waals surface area contributed by atoms with Crippen molar-refractivity contribution in [3.8, 4) is 0 Å². The van der Waals surface area contributed by atoms with E-state index in [4.69, 9.17) is 11.5 Å². The fourth-order valence-corrected chi connectivity index (χ4v) is 1.72. The SMILES string of the molecule is Cn1ccc(CCNc2ncc(N)cc2C(N)=O)n1. The maximum atomic E-state index is 11.3. The van der Waals surface area contributed by atoms with Gasteiger partial charge in [-0.1, -0.05) is 0 Å². The van der Waals surface area contributed by atoms with Crippen LogP contribution in [0.25, 0.3) is 0 Å². The minimum Gasteiger partial charge on any atom is -0.397 e. The molecule has 0 aliphatic carbocycles. The highest BCUT2D eigenvalue weighted by Gasteiger charge is 2.09. The Morgan fingerprint density at radius 1 is 1.53 bits per heavy atom. The van der Waals surface area contributed by atoms with E-state index in [0.717, 1.165) is 12.1 Å². The number of carbonyl (C=O) groups excluding carboxylic acids is 1. The number of primary amides is 1. The predicted molar refractivity (Wildman–Crippen MR) is 72.6 cm³/mol. The van der Waals surface area contributed by atoms with Crippen LogP contribution in [0.4, 0.5) is 11.5 Å². The molecule has 2 aromatic heterocycles. The van der Waals surface area contributed by atoms with Crippen LogP contribution in [0.2, 0.25) is 0 Å². The first kappa shape index (κ1) is 12.9. The Hall–Kier alpha value is -2.57. The van der Waals surface area contributed by atoms with Crippen molar-refractivity contribution in [3.63, 3.8) is 0 Å². The summed E-state index contributed by atoms with van der Waals surface area (Å²) in [6.07, 6.45) is 4.09. The van der Waals surface area contributed by atoms with Gasteiger partial charge >= 0.3 is 0 Å². The van der Waals surface area contributed by atoms with E-state index in [1.807, 2.05) is 19.3 Å². The summed E-state index contributed by atoms with van der Waals surface area (Å²) in [4.78, 5) is 15.4. The Morgan fingerprint density at radius 2 is 2.32 bits per heavy atom. The zero-order valence-electron chi connectivity index (χ0n) is 10.6. The Bertz CT molecular complexity index is 592. The molecule has 0 bridgehead atoms. The molecule has 7 nitrogen and oxygen atoms in total. The van der Waals surface area contributed by atoms with Crippen LogP contribution in [0.5, 0.6) is 0 Å². The van der Waals surface area contributed by atoms with Gasteiger partial charge in [-0.25, -0.2) is 4.98 Å². The monoisotopic (exact) mass is 260 g/mol. The molecule has 0 unspecified atom stereocenters. The number of aromatic nitrogens is 3. The van der Waals surface area contributed by atoms with E-state index in [9.17, 15) is 4.79 Å². The lowest BCUT2D eigenvalue weighted by Gasteiger charge is -2.08. The van der Waals surface area contributed by atoms with Gasteiger partial charge in [-0.2, -0.15) is 5.10 Å². The van der Waals surface area contributed by atoms with Gasteiger partial charge < -0.3 is 16.8 Å². The third-order valence-corrected chi connectivity index (χ3v) is 2.62. The summed E-state index contributed by atoms with van der Waals surface area (Å²) in [6, 6.07) is 3.45. The van der Waals surface area contributed by atoms with E-state index in [-0.39, 0.29) is 0 Å². The second-order valence-corrected chi connectivity index (χ2v) is 4.19. The first-order valence-corrected chi connectivity index (χ1v) is 5.84. The number of nitrogen functional groups attached to an aromatic ring is 1. The molecule has 2 aromatic rings. The first-order chi connectivity index (χ1) is 9.06. The molecule has 1 amide bonds. The number of hydrogen-bond acceptors (Lipinski definition) is 5. The summed E-state index contributed by atoms with van der Waals surface area (Å²) < 4.78 is 1.74. The van der Waals surface area contributed by atoms with Crippen LogP contribution < -0.4 is 16.8 Å². The topological polar surface area (TPSA) is 112 Å². The molecule has 5 N–H and O–H groups in total. The Labute approximate surface area is 110 Å². The Morgan fingerprint density at radius 3 is 2.95 bits per heavy atom. The molecule has 0 aromatic carbocycles. The molecule has 2 rings (SSSR count). The molecule has 0 saturated heterocycles. The molecule has 0 aliphatic heterocycles. The van der Waals surface area contributed by atoms with Crippen molar-refractivity contribution in [2.24, 2.45) is 12.8 Å². The number of hydrogen-bond donors (Lipinski definition) is 3. The molecule has 0 atom stereocenters. The molecule has 100 valence electrons. The number of rotatable bonds is 5. The minimum atomic E-state index is -0.555. The van der Waals surface area contributed by atoms with Crippen molar-refractivity contribution in [1.82, 2.24) is 14.8 Å². The summed E-state index contributed by atoms with van der Waals surface area (Å²) in [6.45, 7) is 0.605. The zero-order chi connectivity index (χ0) is 13.8. The third-order valence-electron chi connectivity index (χ3n) is 2.62. The summed E-state index contributed by atoms with van der Waals surface area (Å²) in [5.74, 6) is -0.113. The van der Waals surface area contributed by atoms with E-state index >= 15 is 0 Å². The molecule has 0 spiro atoms. The molecule has 0 radical (unpaired) electrons. The van der Waals surface area contributed by atoms with Crippen LogP contribution in [0.15, 0.2) is 24.5 Å². The van der Waals surface area contributed by atoms with Gasteiger partial charge in [-0.15, -0.1) is 0 Å². The van der Waals surface area contributed by atoms with Crippen LogP contribution in [0, 0.1) is 0 Å². The average molecular weight is 260 g/mol. The molecule has 0 fully saturated rings. The fraction of sp³-hybridized carbons (Fsp3) is 0.250. The standard InChI is InChI=1S/C12H16N6O/c1-18-5-3-9(17-18)2-4-15-12-10(11(14)19)6-8(13)7-16-12/h3,5-7H,2,4,13H2,1H3,(H2,14,19)(H,15,16). The molecule has 7 heteroatoms. The molecular weight excluding hydrogens is 244 g/mol. The maximum Gasteiger partial charge on any atom is 0.252 e. The number of nitrogens with two attached hydrogens (primary N) is 2. The van der Waals surface area contributed by atoms with E-state index in [1.165, 1.54) is 12.3 Å². The van der Waals surface area contributed by atoms with Gasteiger partial charge in [0.1, 0.15) is 5.82 Å². The van der Waals surface area contributed by atoms with Crippen molar-refractivity contribution in [1.29, 1.82) is 0 Å². The van der Waals surface area contributed by atoms with Crippen LogP contribution in [-0.4, -0.2) is 27.2 Å². The van der Waals surface area contributed by atoms with E-state index in [0.29, 0.717) is 23.6 Å². The lowest BCUT2D eigenvalue weighted by molar-refractivity contribution is 0.100. The normalized spacial score (nSPS) is 10.4. The number of nitrogens with zero attached hydrogens (tertiary/aromatic N) is 3. The molecule has 19 heavy (non-hydrogen) atoms. The largest absolute Gasteiger partial charge is 0.397 e. The number of amides is 1. The van der Waals surface area contributed by atoms with Gasteiger partial charge in [0, 0.05) is 26.2 Å². The Balaban J connectivity index is 2.01. The lowest BCUT2D eigenvalue weighted by Crippen LogP contribution is -2.17. The van der Waals surface area contributed by atoms with Crippen LogP contribution >= 0.6 is 0 Å². The van der Waals surface area contributed by atoms with Crippen LogP contribution in [0.3, 0.4) is 0 Å². The van der Waals surface area contributed by atoms with Gasteiger partial charge in [-0.3, -0.25) is 9.48 Å². The van der Waals surface area contributed by atoms with Crippen molar-refractivity contribution >= 4 is 17.4 Å². The van der Waals surface area contributed by atoms with Crippen molar-refractivity contribution in [2.45, 2.75) is 6.42 Å². The van der Waals surface area contributed by atoms with Gasteiger partial charge in [0.25, 0.3) is 5.91 Å². The second-order valence-electron chi connectivity index (χ2n) is 4.19. The fourth-order valence-electron chi connectivity index (χ4n) is 1.72. The molecule has 2 heterocycles. The highest BCUT2D eigenvalue weighted by molar-refractivity contribution is 5.98. The van der Waals surface area contributed by atoms with Crippen LogP contribution in [0.1, 0.15) is 16.1 Å². The van der Waals surface area contributed by atoms with E-state index in [1.54, 1.807) is 4.68 Å². The van der Waals surface area contributed by atoms with Gasteiger partial charge in [-0.05, 0) is 12.1 Å². The number of carbonyl (C=O) groups is 1. The van der Waals surface area contributed by atoms with Gasteiger partial charge in [0.05, 0.1) is 23.1 Å². The summed E-state index contributed by atoms with van der Waals surface area (Å²) >= 11 is 0. The lowest BCUT2D eigenvalue weighted by atomic mass is 10.2.